The van der Waals surface area contributed by atoms with Crippen molar-refractivity contribution in [2.45, 2.75) is 13.1 Å². The van der Waals surface area contributed by atoms with Gasteiger partial charge in [-0.15, -0.1) is 0 Å². The van der Waals surface area contributed by atoms with Gasteiger partial charge in [-0.25, -0.2) is 0 Å². The Labute approximate surface area is 209 Å². The van der Waals surface area contributed by atoms with Crippen LogP contribution in [0.3, 0.4) is 0 Å². The number of hydrogen-bond acceptors (Lipinski definition) is 8. The van der Waals surface area contributed by atoms with E-state index in [2.05, 4.69) is 4.90 Å². The monoisotopic (exact) mass is 489 g/mol. The second kappa shape index (κ2) is 9.83. The molecule has 0 unspecified atom stereocenters. The summed E-state index contributed by atoms with van der Waals surface area (Å²) in [6, 6.07) is 15.0. The minimum atomic E-state index is -0.191. The molecule has 0 radical (unpaired) electrons. The summed E-state index contributed by atoms with van der Waals surface area (Å²) in [6.07, 6.45) is 1.68. The summed E-state index contributed by atoms with van der Waals surface area (Å²) in [5.41, 5.74) is 3.09. The summed E-state index contributed by atoms with van der Waals surface area (Å²) < 4.78 is 33.9. The molecule has 0 saturated carbocycles. The van der Waals surface area contributed by atoms with E-state index in [0.717, 1.165) is 16.9 Å². The van der Waals surface area contributed by atoms with Crippen LogP contribution in [0.15, 0.2) is 54.3 Å². The molecule has 8 nitrogen and oxygen atoms in total. The molecule has 36 heavy (non-hydrogen) atoms. The van der Waals surface area contributed by atoms with Gasteiger partial charge in [0.05, 0.1) is 39.6 Å². The molecule has 3 aromatic carbocycles. The molecule has 2 aliphatic rings. The molecule has 2 heterocycles. The number of carbonyl (C=O) groups is 1. The second-order valence-corrected chi connectivity index (χ2v) is 8.39. The van der Waals surface area contributed by atoms with Crippen molar-refractivity contribution < 1.29 is 33.2 Å². The van der Waals surface area contributed by atoms with Crippen molar-refractivity contribution in [2.75, 3.05) is 35.2 Å². The van der Waals surface area contributed by atoms with Crippen LogP contribution in [0.2, 0.25) is 0 Å². The maximum Gasteiger partial charge on any atom is 0.231 e. The van der Waals surface area contributed by atoms with Crippen LogP contribution in [0.25, 0.3) is 6.08 Å². The molecule has 0 aromatic heterocycles. The number of benzene rings is 3. The molecule has 3 aromatic rings. The Kier molecular flexibility index (Phi) is 6.43. The van der Waals surface area contributed by atoms with Crippen LogP contribution in [-0.2, 0) is 13.1 Å². The third kappa shape index (κ3) is 4.20. The zero-order chi connectivity index (χ0) is 25.2. The summed E-state index contributed by atoms with van der Waals surface area (Å²) >= 11 is 0. The highest BCUT2D eigenvalue weighted by Crippen LogP contribution is 2.43. The molecule has 8 heteroatoms. The van der Waals surface area contributed by atoms with E-state index in [1.807, 2.05) is 30.3 Å². The number of para-hydroxylation sites is 1. The van der Waals surface area contributed by atoms with Crippen LogP contribution in [-0.4, -0.2) is 45.9 Å². The fourth-order valence-corrected chi connectivity index (χ4v) is 4.52. The SMILES string of the molecule is COc1ccccc1CN1COc2ccc3c(c2C1)O/C(=C\c1cc(OC)c(OC)c(OC)c1)C3=O. The fraction of sp³-hybridized carbons (Fsp3) is 0.250. The number of rotatable bonds is 7. The van der Waals surface area contributed by atoms with Crippen LogP contribution >= 0.6 is 0 Å². The Hall–Kier alpha value is -4.17. The summed E-state index contributed by atoms with van der Waals surface area (Å²) in [4.78, 5) is 15.4. The maximum atomic E-state index is 13.2. The molecule has 0 atom stereocenters. The van der Waals surface area contributed by atoms with Gasteiger partial charge in [0.25, 0.3) is 0 Å². The Morgan fingerprint density at radius 3 is 2.33 bits per heavy atom. The van der Waals surface area contributed by atoms with E-state index in [4.69, 9.17) is 28.4 Å². The van der Waals surface area contributed by atoms with Gasteiger partial charge in [-0.05, 0) is 42.0 Å². The third-order valence-electron chi connectivity index (χ3n) is 6.25. The van der Waals surface area contributed by atoms with Crippen molar-refractivity contribution in [3.05, 3.63) is 76.5 Å². The van der Waals surface area contributed by atoms with Gasteiger partial charge in [-0.3, -0.25) is 9.69 Å². The second-order valence-electron chi connectivity index (χ2n) is 8.39. The molecule has 186 valence electrons. The van der Waals surface area contributed by atoms with Crippen molar-refractivity contribution in [3.63, 3.8) is 0 Å². The number of Topliss-reactive ketones (excluding diaryl/α,β-unsaturated/α-hetero) is 1. The predicted molar refractivity (Wildman–Crippen MR) is 133 cm³/mol. The summed E-state index contributed by atoms with van der Waals surface area (Å²) in [6.45, 7) is 1.63. The van der Waals surface area contributed by atoms with Crippen molar-refractivity contribution in [1.29, 1.82) is 0 Å². The van der Waals surface area contributed by atoms with E-state index in [1.165, 1.54) is 0 Å². The molecule has 5 rings (SSSR count). The Balaban J connectivity index is 1.44. The van der Waals surface area contributed by atoms with Gasteiger partial charge in [-0.1, -0.05) is 18.2 Å². The Bertz CT molecular complexity index is 1320. The predicted octanol–water partition coefficient (Wildman–Crippen LogP) is 4.69. The van der Waals surface area contributed by atoms with E-state index in [1.54, 1.807) is 52.7 Å². The van der Waals surface area contributed by atoms with Crippen molar-refractivity contribution in [2.24, 2.45) is 0 Å². The van der Waals surface area contributed by atoms with E-state index in [-0.39, 0.29) is 11.5 Å². The molecule has 0 bridgehead atoms. The molecule has 0 fully saturated rings. The van der Waals surface area contributed by atoms with Crippen molar-refractivity contribution >= 4 is 11.9 Å². The van der Waals surface area contributed by atoms with Gasteiger partial charge in [0.15, 0.2) is 17.3 Å². The van der Waals surface area contributed by atoms with E-state index < -0.39 is 0 Å². The van der Waals surface area contributed by atoms with Crippen LogP contribution in [0.1, 0.15) is 27.0 Å². The van der Waals surface area contributed by atoms with Gasteiger partial charge in [0.2, 0.25) is 11.5 Å². The fourth-order valence-electron chi connectivity index (χ4n) is 4.52. The standard InChI is InChI=1S/C28H27NO7/c1-31-21-8-6-5-7-18(21)14-29-15-20-22(35-16-29)10-9-19-26(30)23(36-27(19)20)11-17-12-24(32-2)28(34-4)25(13-17)33-3/h5-13H,14-16H2,1-4H3/b23-11-. The first kappa shape index (κ1) is 23.6. The van der Waals surface area contributed by atoms with Crippen molar-refractivity contribution in [3.8, 4) is 34.5 Å². The van der Waals surface area contributed by atoms with Crippen LogP contribution < -0.4 is 28.4 Å². The van der Waals surface area contributed by atoms with Gasteiger partial charge in [-0.2, -0.15) is 0 Å². The minimum absolute atomic E-state index is 0.191. The molecule has 0 amide bonds. The van der Waals surface area contributed by atoms with Crippen LogP contribution in [0.4, 0.5) is 0 Å². The number of ketones is 1. The number of ether oxygens (including phenoxy) is 6. The summed E-state index contributed by atoms with van der Waals surface area (Å²) in [7, 11) is 6.30. The van der Waals surface area contributed by atoms with Gasteiger partial charge in [0.1, 0.15) is 24.0 Å². The smallest absolute Gasteiger partial charge is 0.231 e. The molecule has 0 saturated heterocycles. The third-order valence-corrected chi connectivity index (χ3v) is 6.25. The first-order chi connectivity index (χ1) is 17.6. The number of nitrogens with zero attached hydrogens (tertiary/aromatic N) is 1. The van der Waals surface area contributed by atoms with Crippen molar-refractivity contribution in [1.82, 2.24) is 4.90 Å². The zero-order valence-corrected chi connectivity index (χ0v) is 20.6. The first-order valence-corrected chi connectivity index (χ1v) is 11.4. The van der Waals surface area contributed by atoms with E-state index in [0.29, 0.717) is 59.7 Å². The lowest BCUT2D eigenvalue weighted by Crippen LogP contribution is -2.31. The van der Waals surface area contributed by atoms with Crippen LogP contribution in [0, 0.1) is 0 Å². The molecular formula is C28H27NO7. The number of methoxy groups -OCH3 is 4. The molecule has 0 aliphatic carbocycles. The number of hydrogen-bond donors (Lipinski definition) is 0. The Morgan fingerprint density at radius 1 is 0.917 bits per heavy atom. The number of allylic oxidation sites excluding steroid dienone is 1. The number of fused-ring (bicyclic) bond motifs is 3. The number of carbonyl (C=O) groups excluding carboxylic acids is 1. The van der Waals surface area contributed by atoms with E-state index >= 15 is 0 Å². The molecule has 0 N–H and O–H groups in total. The normalized spacial score (nSPS) is 15.6. The molecule has 0 spiro atoms. The summed E-state index contributed by atoms with van der Waals surface area (Å²) in [5, 5.41) is 0. The zero-order valence-electron chi connectivity index (χ0n) is 20.6. The lowest BCUT2D eigenvalue weighted by Gasteiger charge is -2.30. The lowest BCUT2D eigenvalue weighted by molar-refractivity contribution is 0.0865. The minimum Gasteiger partial charge on any atom is -0.496 e. The largest absolute Gasteiger partial charge is 0.496 e. The van der Waals surface area contributed by atoms with Gasteiger partial charge < -0.3 is 28.4 Å². The highest BCUT2D eigenvalue weighted by Gasteiger charge is 2.34. The highest BCUT2D eigenvalue weighted by atomic mass is 16.5. The summed E-state index contributed by atoms with van der Waals surface area (Å²) in [5.74, 6) is 3.55. The van der Waals surface area contributed by atoms with Gasteiger partial charge >= 0.3 is 0 Å². The van der Waals surface area contributed by atoms with Gasteiger partial charge in [0, 0.05) is 18.7 Å². The quantitative estimate of drug-likeness (QED) is 0.443. The average Bonchev–Trinajstić information content (AvgIpc) is 3.23. The highest BCUT2D eigenvalue weighted by molar-refractivity contribution is 6.15. The Morgan fingerprint density at radius 2 is 1.64 bits per heavy atom. The molecule has 2 aliphatic heterocycles. The molecular weight excluding hydrogens is 462 g/mol. The van der Waals surface area contributed by atoms with Crippen LogP contribution in [0.5, 0.6) is 34.5 Å². The topological polar surface area (TPSA) is 75.7 Å². The maximum absolute atomic E-state index is 13.2. The average molecular weight is 490 g/mol. The first-order valence-electron chi connectivity index (χ1n) is 11.4. The van der Waals surface area contributed by atoms with E-state index in [9.17, 15) is 4.79 Å². The lowest BCUT2D eigenvalue weighted by atomic mass is 10.0.